The number of nitrogens with zero attached hydrogens (tertiary/aromatic N) is 2. The van der Waals surface area contributed by atoms with Gasteiger partial charge in [-0.2, -0.15) is 0 Å². The van der Waals surface area contributed by atoms with Crippen molar-refractivity contribution in [2.45, 2.75) is 6.42 Å². The predicted octanol–water partition coefficient (Wildman–Crippen LogP) is 0.210. The van der Waals surface area contributed by atoms with Crippen LogP contribution in [0.1, 0.15) is 16.9 Å². The molecule has 6 heteroatoms. The molecule has 0 aliphatic heterocycles. The van der Waals surface area contributed by atoms with Crippen molar-refractivity contribution >= 4 is 17.6 Å². The Morgan fingerprint density at radius 2 is 2.19 bits per heavy atom. The molecule has 16 heavy (non-hydrogen) atoms. The van der Waals surface area contributed by atoms with Crippen LogP contribution >= 0.6 is 0 Å². The number of aliphatic carboxylic acids is 1. The Hall–Kier alpha value is -2.11. The molecule has 0 bridgehead atoms. The Morgan fingerprint density at radius 1 is 1.50 bits per heavy atom. The van der Waals surface area contributed by atoms with Crippen LogP contribution in [0.15, 0.2) is 18.3 Å². The summed E-state index contributed by atoms with van der Waals surface area (Å²) in [6.45, 7) is 0.153. The van der Waals surface area contributed by atoms with Crippen LogP contribution in [0.2, 0.25) is 0 Å². The van der Waals surface area contributed by atoms with Gasteiger partial charge in [0, 0.05) is 13.6 Å². The Morgan fingerprint density at radius 3 is 2.69 bits per heavy atom. The van der Waals surface area contributed by atoms with Gasteiger partial charge >= 0.3 is 5.97 Å². The van der Waals surface area contributed by atoms with Crippen molar-refractivity contribution in [1.82, 2.24) is 9.88 Å². The maximum Gasteiger partial charge on any atom is 0.305 e. The number of carboxylic acids is 1. The van der Waals surface area contributed by atoms with E-state index in [4.69, 9.17) is 10.8 Å². The van der Waals surface area contributed by atoms with Crippen LogP contribution in [-0.2, 0) is 4.79 Å². The van der Waals surface area contributed by atoms with E-state index in [1.165, 1.54) is 24.2 Å². The summed E-state index contributed by atoms with van der Waals surface area (Å²) < 4.78 is 0. The highest BCUT2D eigenvalue weighted by Crippen LogP contribution is 2.04. The molecule has 1 aromatic rings. The Bertz CT molecular complexity index is 389. The third-order valence-corrected chi connectivity index (χ3v) is 2.01. The molecule has 3 N–H and O–H groups in total. The van der Waals surface area contributed by atoms with E-state index < -0.39 is 5.97 Å². The summed E-state index contributed by atoms with van der Waals surface area (Å²) in [5, 5.41) is 8.48. The van der Waals surface area contributed by atoms with E-state index in [9.17, 15) is 9.59 Å². The second-order valence-electron chi connectivity index (χ2n) is 3.35. The molecule has 0 fully saturated rings. The number of nitrogens with two attached hydrogens (primary N) is 1. The van der Waals surface area contributed by atoms with Gasteiger partial charge in [-0.25, -0.2) is 4.98 Å². The van der Waals surface area contributed by atoms with Crippen molar-refractivity contribution in [2.24, 2.45) is 0 Å². The van der Waals surface area contributed by atoms with Gasteiger partial charge in [-0.15, -0.1) is 0 Å². The predicted molar refractivity (Wildman–Crippen MR) is 57.9 cm³/mol. The summed E-state index contributed by atoms with van der Waals surface area (Å²) in [7, 11) is 1.53. The fourth-order valence-corrected chi connectivity index (χ4v) is 1.09. The summed E-state index contributed by atoms with van der Waals surface area (Å²) in [5.74, 6) is -1.26. The van der Waals surface area contributed by atoms with E-state index in [1.54, 1.807) is 6.07 Å². The number of aromatic nitrogens is 1. The average Bonchev–Trinajstić information content (AvgIpc) is 2.26. The number of amides is 1. The minimum atomic E-state index is -0.940. The van der Waals surface area contributed by atoms with Crippen LogP contribution in [-0.4, -0.2) is 40.5 Å². The van der Waals surface area contributed by atoms with Gasteiger partial charge < -0.3 is 15.7 Å². The second-order valence-corrected chi connectivity index (χ2v) is 3.35. The molecule has 0 aliphatic rings. The van der Waals surface area contributed by atoms with E-state index in [-0.39, 0.29) is 24.6 Å². The van der Waals surface area contributed by atoms with Gasteiger partial charge in [0.1, 0.15) is 5.69 Å². The molecule has 1 amide bonds. The Kier molecular flexibility index (Phi) is 3.82. The van der Waals surface area contributed by atoms with Crippen LogP contribution in [0.25, 0.3) is 0 Å². The molecule has 0 saturated heterocycles. The first-order valence-corrected chi connectivity index (χ1v) is 4.69. The number of anilines is 1. The number of hydrogen-bond donors (Lipinski definition) is 2. The van der Waals surface area contributed by atoms with E-state index >= 15 is 0 Å². The first-order valence-electron chi connectivity index (χ1n) is 4.69. The van der Waals surface area contributed by atoms with Crippen LogP contribution in [0.5, 0.6) is 0 Å². The summed E-state index contributed by atoms with van der Waals surface area (Å²) in [4.78, 5) is 27.2. The van der Waals surface area contributed by atoms with Gasteiger partial charge in [-0.05, 0) is 12.1 Å². The molecule has 6 nitrogen and oxygen atoms in total. The van der Waals surface area contributed by atoms with Crippen molar-refractivity contribution in [2.75, 3.05) is 19.3 Å². The maximum atomic E-state index is 11.7. The van der Waals surface area contributed by atoms with Crippen molar-refractivity contribution in [3.05, 3.63) is 24.0 Å². The van der Waals surface area contributed by atoms with Crippen LogP contribution in [0, 0.1) is 0 Å². The van der Waals surface area contributed by atoms with Gasteiger partial charge in [0.05, 0.1) is 18.3 Å². The molecule has 0 aliphatic carbocycles. The molecule has 1 rings (SSSR count). The SMILES string of the molecule is CN(CCC(=O)O)C(=O)c1ccc(N)cn1. The molecule has 0 unspecified atom stereocenters. The zero-order valence-corrected chi connectivity index (χ0v) is 8.88. The average molecular weight is 223 g/mol. The minimum Gasteiger partial charge on any atom is -0.481 e. The van der Waals surface area contributed by atoms with E-state index in [1.807, 2.05) is 0 Å². The monoisotopic (exact) mass is 223 g/mol. The largest absolute Gasteiger partial charge is 0.481 e. The summed E-state index contributed by atoms with van der Waals surface area (Å²) in [6, 6.07) is 3.08. The van der Waals surface area contributed by atoms with Gasteiger partial charge in [0.25, 0.3) is 5.91 Å². The van der Waals surface area contributed by atoms with Crippen molar-refractivity contribution < 1.29 is 14.7 Å². The van der Waals surface area contributed by atoms with Gasteiger partial charge in [0.2, 0.25) is 0 Å². The molecule has 0 aromatic carbocycles. The normalized spacial score (nSPS) is 9.81. The molecule has 0 radical (unpaired) electrons. The summed E-state index contributed by atoms with van der Waals surface area (Å²) in [6.07, 6.45) is 1.30. The number of carbonyl (C=O) groups excluding carboxylic acids is 1. The van der Waals surface area contributed by atoms with Crippen molar-refractivity contribution in [1.29, 1.82) is 0 Å². The van der Waals surface area contributed by atoms with E-state index in [0.29, 0.717) is 5.69 Å². The quantitative estimate of drug-likeness (QED) is 0.760. The lowest BCUT2D eigenvalue weighted by molar-refractivity contribution is -0.137. The lowest BCUT2D eigenvalue weighted by Crippen LogP contribution is -2.29. The van der Waals surface area contributed by atoms with E-state index in [0.717, 1.165) is 0 Å². The fraction of sp³-hybridized carbons (Fsp3) is 0.300. The van der Waals surface area contributed by atoms with Crippen LogP contribution in [0.3, 0.4) is 0 Å². The van der Waals surface area contributed by atoms with Crippen LogP contribution < -0.4 is 5.73 Å². The topological polar surface area (TPSA) is 96.5 Å². The third-order valence-electron chi connectivity index (χ3n) is 2.01. The second kappa shape index (κ2) is 5.11. The lowest BCUT2D eigenvalue weighted by Gasteiger charge is -2.15. The lowest BCUT2D eigenvalue weighted by atomic mass is 10.3. The summed E-state index contributed by atoms with van der Waals surface area (Å²) >= 11 is 0. The highest BCUT2D eigenvalue weighted by molar-refractivity contribution is 5.92. The molecular formula is C10H13N3O3. The molecular weight excluding hydrogens is 210 g/mol. The molecule has 1 aromatic heterocycles. The molecule has 0 spiro atoms. The molecule has 86 valence electrons. The molecule has 0 saturated carbocycles. The number of pyridine rings is 1. The Balaban J connectivity index is 2.63. The van der Waals surface area contributed by atoms with Gasteiger partial charge in [-0.3, -0.25) is 9.59 Å². The first kappa shape index (κ1) is 12.0. The zero-order valence-electron chi connectivity index (χ0n) is 8.88. The van der Waals surface area contributed by atoms with E-state index in [2.05, 4.69) is 4.98 Å². The van der Waals surface area contributed by atoms with Gasteiger partial charge in [-0.1, -0.05) is 0 Å². The fourth-order valence-electron chi connectivity index (χ4n) is 1.09. The highest BCUT2D eigenvalue weighted by atomic mass is 16.4. The smallest absolute Gasteiger partial charge is 0.305 e. The van der Waals surface area contributed by atoms with Gasteiger partial charge in [0.15, 0.2) is 0 Å². The third kappa shape index (κ3) is 3.23. The Labute approximate surface area is 92.7 Å². The number of nitrogen functional groups attached to an aromatic ring is 1. The number of carbonyl (C=O) groups is 2. The number of rotatable bonds is 4. The highest BCUT2D eigenvalue weighted by Gasteiger charge is 2.13. The molecule has 1 heterocycles. The summed E-state index contributed by atoms with van der Waals surface area (Å²) in [5.41, 5.74) is 6.16. The number of hydrogen-bond acceptors (Lipinski definition) is 4. The minimum absolute atomic E-state index is 0.0861. The molecule has 0 atom stereocenters. The number of carboxylic acid groups (broad SMARTS) is 1. The standard InChI is InChI=1S/C10H13N3O3/c1-13(5-4-9(14)15)10(16)8-3-2-7(11)6-12-8/h2-3,6H,4-5,11H2,1H3,(H,14,15). The maximum absolute atomic E-state index is 11.7. The first-order chi connectivity index (χ1) is 7.50. The van der Waals surface area contributed by atoms with Crippen molar-refractivity contribution in [3.63, 3.8) is 0 Å². The van der Waals surface area contributed by atoms with Crippen LogP contribution in [0.4, 0.5) is 5.69 Å². The zero-order chi connectivity index (χ0) is 12.1. The van der Waals surface area contributed by atoms with Crippen molar-refractivity contribution in [3.8, 4) is 0 Å².